The van der Waals surface area contributed by atoms with Crippen LogP contribution in [-0.2, 0) is 5.54 Å². The van der Waals surface area contributed by atoms with E-state index < -0.39 is 0 Å². The summed E-state index contributed by atoms with van der Waals surface area (Å²) in [5, 5.41) is 6.89. The molecule has 23 heavy (non-hydrogen) atoms. The average Bonchev–Trinajstić information content (AvgIpc) is 3.03. The summed E-state index contributed by atoms with van der Waals surface area (Å²) in [4.78, 5) is 14.7. The van der Waals surface area contributed by atoms with Crippen molar-refractivity contribution in [2.24, 2.45) is 0 Å². The van der Waals surface area contributed by atoms with Crippen molar-refractivity contribution in [3.63, 3.8) is 0 Å². The standard InChI is InChI=1S/C18H16N4O/c1-21-17(23)15-3-2-8-22(15)16-9-12(13-10-19-20-11-13)4-5-14(16)18(21)6-7-18/h2-5,8-11H,6-7H2,1H3,(H,19,20). The lowest BCUT2D eigenvalue weighted by Crippen LogP contribution is -2.36. The molecule has 3 aromatic rings. The van der Waals surface area contributed by atoms with Gasteiger partial charge in [0.05, 0.1) is 17.4 Å². The van der Waals surface area contributed by atoms with E-state index in [1.165, 1.54) is 5.56 Å². The van der Waals surface area contributed by atoms with Gasteiger partial charge in [-0.2, -0.15) is 5.10 Å². The van der Waals surface area contributed by atoms with Crippen LogP contribution in [0.5, 0.6) is 0 Å². The Morgan fingerprint density at radius 3 is 2.83 bits per heavy atom. The molecular formula is C18H16N4O. The van der Waals surface area contributed by atoms with E-state index in [1.807, 2.05) is 47.2 Å². The number of carbonyl (C=O) groups is 1. The molecule has 5 nitrogen and oxygen atoms in total. The van der Waals surface area contributed by atoms with Crippen LogP contribution in [-0.4, -0.2) is 32.6 Å². The quantitative estimate of drug-likeness (QED) is 0.751. The van der Waals surface area contributed by atoms with Crippen molar-refractivity contribution >= 4 is 5.91 Å². The van der Waals surface area contributed by atoms with Crippen molar-refractivity contribution in [2.75, 3.05) is 7.05 Å². The van der Waals surface area contributed by atoms with Crippen LogP contribution in [0.3, 0.4) is 0 Å². The Morgan fingerprint density at radius 2 is 2.09 bits per heavy atom. The second-order valence-corrected chi connectivity index (χ2v) is 6.38. The number of rotatable bonds is 1. The molecule has 0 atom stereocenters. The highest BCUT2D eigenvalue weighted by Gasteiger charge is 2.53. The molecule has 1 aromatic carbocycles. The molecule has 2 aromatic heterocycles. The summed E-state index contributed by atoms with van der Waals surface area (Å²) in [6.45, 7) is 0. The second-order valence-electron chi connectivity index (χ2n) is 6.38. The third-order valence-electron chi connectivity index (χ3n) is 5.23. The van der Waals surface area contributed by atoms with Gasteiger partial charge < -0.3 is 9.47 Å². The average molecular weight is 304 g/mol. The molecule has 3 heterocycles. The summed E-state index contributed by atoms with van der Waals surface area (Å²) in [7, 11) is 1.92. The first kappa shape index (κ1) is 12.7. The summed E-state index contributed by atoms with van der Waals surface area (Å²) in [6, 6.07) is 10.3. The maximum atomic E-state index is 12.8. The van der Waals surface area contributed by atoms with E-state index in [0.717, 1.165) is 35.3 Å². The number of hydrogen-bond donors (Lipinski definition) is 1. The topological polar surface area (TPSA) is 53.9 Å². The highest BCUT2D eigenvalue weighted by Crippen LogP contribution is 2.54. The van der Waals surface area contributed by atoms with Gasteiger partial charge in [0.2, 0.25) is 0 Å². The summed E-state index contributed by atoms with van der Waals surface area (Å²) in [6.07, 6.45) is 7.73. The van der Waals surface area contributed by atoms with Crippen molar-refractivity contribution < 1.29 is 4.79 Å². The Bertz CT molecular complexity index is 918. The third kappa shape index (κ3) is 1.56. The first-order chi connectivity index (χ1) is 11.2. The van der Waals surface area contributed by atoms with Gasteiger partial charge in [-0.15, -0.1) is 0 Å². The number of amides is 1. The lowest BCUT2D eigenvalue weighted by atomic mass is 9.97. The number of carbonyl (C=O) groups excluding carboxylic acids is 1. The maximum Gasteiger partial charge on any atom is 0.271 e. The van der Waals surface area contributed by atoms with Gasteiger partial charge in [-0.3, -0.25) is 9.89 Å². The zero-order chi connectivity index (χ0) is 15.6. The van der Waals surface area contributed by atoms with Crippen LogP contribution in [0, 0.1) is 0 Å². The molecule has 1 spiro atoms. The highest BCUT2D eigenvalue weighted by atomic mass is 16.2. The smallest absolute Gasteiger partial charge is 0.271 e. The first-order valence-corrected chi connectivity index (χ1v) is 7.80. The summed E-state index contributed by atoms with van der Waals surface area (Å²) in [5.74, 6) is 0.0913. The predicted molar refractivity (Wildman–Crippen MR) is 86.4 cm³/mol. The van der Waals surface area contributed by atoms with E-state index in [-0.39, 0.29) is 11.4 Å². The van der Waals surface area contributed by atoms with Gasteiger partial charge in [-0.25, -0.2) is 0 Å². The van der Waals surface area contributed by atoms with Gasteiger partial charge in [0, 0.05) is 30.6 Å². The Kier molecular flexibility index (Phi) is 2.28. The van der Waals surface area contributed by atoms with Crippen molar-refractivity contribution in [1.82, 2.24) is 19.7 Å². The molecule has 0 saturated heterocycles. The normalized spacial score (nSPS) is 17.8. The molecule has 5 rings (SSSR count). The molecule has 114 valence electrons. The van der Waals surface area contributed by atoms with Crippen molar-refractivity contribution in [3.05, 3.63) is 60.2 Å². The fourth-order valence-electron chi connectivity index (χ4n) is 3.75. The Balaban J connectivity index is 1.81. The van der Waals surface area contributed by atoms with Crippen LogP contribution in [0.4, 0.5) is 0 Å². The van der Waals surface area contributed by atoms with Gasteiger partial charge in [0.15, 0.2) is 0 Å². The lowest BCUT2D eigenvalue weighted by molar-refractivity contribution is 0.0705. The molecule has 0 radical (unpaired) electrons. The van der Waals surface area contributed by atoms with E-state index in [1.54, 1.807) is 0 Å². The molecule has 0 unspecified atom stereocenters. The monoisotopic (exact) mass is 304 g/mol. The largest absolute Gasteiger partial charge is 0.331 e. The molecule has 1 amide bonds. The van der Waals surface area contributed by atoms with Gasteiger partial charge in [0.1, 0.15) is 5.69 Å². The number of H-pyrrole nitrogens is 1. The first-order valence-electron chi connectivity index (χ1n) is 7.80. The van der Waals surface area contributed by atoms with Crippen LogP contribution < -0.4 is 0 Å². The van der Waals surface area contributed by atoms with E-state index in [4.69, 9.17) is 0 Å². The Morgan fingerprint density at radius 1 is 1.22 bits per heavy atom. The molecule has 0 bridgehead atoms. The second kappa shape index (κ2) is 4.13. The molecule has 5 heteroatoms. The van der Waals surface area contributed by atoms with E-state index in [9.17, 15) is 4.79 Å². The van der Waals surface area contributed by atoms with Crippen LogP contribution in [0.1, 0.15) is 28.9 Å². The summed E-state index contributed by atoms with van der Waals surface area (Å²) < 4.78 is 2.02. The maximum absolute atomic E-state index is 12.8. The number of hydrogen-bond acceptors (Lipinski definition) is 2. The highest BCUT2D eigenvalue weighted by molar-refractivity contribution is 5.95. The minimum Gasteiger partial charge on any atom is -0.331 e. The fourth-order valence-corrected chi connectivity index (χ4v) is 3.75. The number of aromatic amines is 1. The number of nitrogens with zero attached hydrogens (tertiary/aromatic N) is 3. The zero-order valence-electron chi connectivity index (χ0n) is 12.8. The van der Waals surface area contributed by atoms with E-state index in [0.29, 0.717) is 0 Å². The minimum absolute atomic E-state index is 0.0913. The predicted octanol–water partition coefficient (Wildman–Crippen LogP) is 2.94. The zero-order valence-corrected chi connectivity index (χ0v) is 12.8. The van der Waals surface area contributed by atoms with Crippen molar-refractivity contribution in [3.8, 4) is 16.8 Å². The van der Waals surface area contributed by atoms with Crippen LogP contribution in [0.25, 0.3) is 16.8 Å². The number of fused-ring (bicyclic) bond motifs is 4. The number of nitrogens with one attached hydrogen (secondary N) is 1. The number of aromatic nitrogens is 3. The van der Waals surface area contributed by atoms with E-state index in [2.05, 4.69) is 28.4 Å². The van der Waals surface area contributed by atoms with Gasteiger partial charge in [-0.05, 0) is 36.6 Å². The fraction of sp³-hybridized carbons (Fsp3) is 0.222. The molecule has 1 saturated carbocycles. The molecular weight excluding hydrogens is 288 g/mol. The van der Waals surface area contributed by atoms with Gasteiger partial charge in [0.25, 0.3) is 5.91 Å². The van der Waals surface area contributed by atoms with Crippen LogP contribution in [0.2, 0.25) is 0 Å². The van der Waals surface area contributed by atoms with Gasteiger partial charge in [-0.1, -0.05) is 12.1 Å². The number of benzene rings is 1. The third-order valence-corrected chi connectivity index (χ3v) is 5.23. The SMILES string of the molecule is CN1C(=O)c2cccn2-c2cc(-c3cn[nH]c3)ccc2C12CC2. The minimum atomic E-state index is -0.139. The van der Waals surface area contributed by atoms with Crippen LogP contribution >= 0.6 is 0 Å². The van der Waals surface area contributed by atoms with Gasteiger partial charge >= 0.3 is 0 Å². The Labute approximate surface area is 133 Å². The lowest BCUT2D eigenvalue weighted by Gasteiger charge is -2.27. The molecule has 1 aliphatic heterocycles. The molecule has 2 aliphatic rings. The summed E-state index contributed by atoms with van der Waals surface area (Å²) >= 11 is 0. The van der Waals surface area contributed by atoms with Crippen LogP contribution in [0.15, 0.2) is 48.9 Å². The van der Waals surface area contributed by atoms with Crippen molar-refractivity contribution in [1.29, 1.82) is 0 Å². The van der Waals surface area contributed by atoms with E-state index >= 15 is 0 Å². The Hall–Kier alpha value is -2.82. The van der Waals surface area contributed by atoms with Crippen molar-refractivity contribution in [2.45, 2.75) is 18.4 Å². The molecule has 1 fully saturated rings. The summed E-state index contributed by atoms with van der Waals surface area (Å²) in [5.41, 5.74) is 5.07. The molecule has 1 N–H and O–H groups in total. The molecule has 1 aliphatic carbocycles.